The first-order valence-corrected chi connectivity index (χ1v) is 9.89. The van der Waals surface area contributed by atoms with E-state index in [0.717, 1.165) is 31.4 Å². The van der Waals surface area contributed by atoms with Gasteiger partial charge in [0.15, 0.2) is 11.3 Å². The molecule has 6 nitrogen and oxygen atoms in total. The lowest BCUT2D eigenvalue weighted by molar-refractivity contribution is -0.120. The highest BCUT2D eigenvalue weighted by Gasteiger charge is 2.18. The molecule has 0 aliphatic carbocycles. The number of nitrogens with zero attached hydrogens (tertiary/aromatic N) is 3. The number of aromatic nitrogens is 3. The number of halogens is 1. The zero-order valence-electron chi connectivity index (χ0n) is 16.3. The van der Waals surface area contributed by atoms with Gasteiger partial charge >= 0.3 is 0 Å². The van der Waals surface area contributed by atoms with E-state index in [9.17, 15) is 14.0 Å². The molecule has 1 aliphatic heterocycles. The highest BCUT2D eigenvalue weighted by Crippen LogP contribution is 2.22. The lowest BCUT2D eigenvalue weighted by atomic mass is 10.00. The molecule has 2 aromatic heterocycles. The number of Topliss-reactive ketones (excluding diaryl/α,β-unsaturated/α-hetero) is 1. The first-order chi connectivity index (χ1) is 14.0. The molecule has 1 fully saturated rings. The van der Waals surface area contributed by atoms with Crippen LogP contribution in [0.25, 0.3) is 22.3 Å². The maximum Gasteiger partial charge on any atom is 0.280 e. The number of benzene rings is 1. The average molecular weight is 394 g/mol. The van der Waals surface area contributed by atoms with Gasteiger partial charge in [0, 0.05) is 18.0 Å². The summed E-state index contributed by atoms with van der Waals surface area (Å²) in [6, 6.07) is 8.05. The summed E-state index contributed by atoms with van der Waals surface area (Å²) in [6.45, 7) is 2.75. The Labute approximate surface area is 167 Å². The predicted octanol–water partition coefficient (Wildman–Crippen LogP) is 3.01. The maximum atomic E-state index is 13.6. The minimum absolute atomic E-state index is 0.00865. The number of fused-ring (bicyclic) bond motifs is 1. The second-order valence-electron chi connectivity index (χ2n) is 7.60. The summed E-state index contributed by atoms with van der Waals surface area (Å²) >= 11 is 0. The zero-order chi connectivity index (χ0) is 20.4. The van der Waals surface area contributed by atoms with Crippen molar-refractivity contribution >= 4 is 16.8 Å². The van der Waals surface area contributed by atoms with Crippen LogP contribution in [0, 0.1) is 12.7 Å². The Kier molecular flexibility index (Phi) is 5.49. The van der Waals surface area contributed by atoms with E-state index in [1.165, 1.54) is 23.0 Å². The first kappa shape index (κ1) is 19.4. The molecule has 0 spiro atoms. The molecule has 1 saturated heterocycles. The third-order valence-corrected chi connectivity index (χ3v) is 5.33. The fourth-order valence-corrected chi connectivity index (χ4v) is 3.83. The number of pyridine rings is 1. The Bertz CT molecular complexity index is 1120. The van der Waals surface area contributed by atoms with Crippen molar-refractivity contribution in [3.8, 4) is 11.3 Å². The molecule has 3 heterocycles. The summed E-state index contributed by atoms with van der Waals surface area (Å²) < 4.78 is 14.9. The molecule has 3 aromatic rings. The predicted molar refractivity (Wildman–Crippen MR) is 109 cm³/mol. The Morgan fingerprint density at radius 1 is 1.28 bits per heavy atom. The molecule has 1 atom stereocenters. The highest BCUT2D eigenvalue weighted by atomic mass is 19.1. The Balaban J connectivity index is 1.65. The summed E-state index contributed by atoms with van der Waals surface area (Å²) in [5, 5.41) is 3.35. The molecule has 0 amide bonds. The van der Waals surface area contributed by atoms with Crippen LogP contribution < -0.4 is 10.9 Å². The number of rotatable bonds is 5. The van der Waals surface area contributed by atoms with E-state index < -0.39 is 0 Å². The van der Waals surface area contributed by atoms with Crippen LogP contribution in [0.3, 0.4) is 0 Å². The molecule has 0 radical (unpaired) electrons. The fraction of sp³-hybridized carbons (Fsp3) is 0.364. The molecule has 1 N–H and O–H groups in total. The fourth-order valence-electron chi connectivity index (χ4n) is 3.83. The number of piperidine rings is 1. The number of ketones is 1. The van der Waals surface area contributed by atoms with E-state index in [-0.39, 0.29) is 35.3 Å². The molecule has 150 valence electrons. The van der Waals surface area contributed by atoms with Gasteiger partial charge in [0.05, 0.1) is 24.1 Å². The number of aryl methyl sites for hydroxylation is 1. The van der Waals surface area contributed by atoms with E-state index >= 15 is 0 Å². The summed E-state index contributed by atoms with van der Waals surface area (Å²) in [4.78, 5) is 34.2. The number of carbonyl (C=O) groups excluding carboxylic acids is 1. The van der Waals surface area contributed by atoms with Crippen LogP contribution in [0.2, 0.25) is 0 Å². The zero-order valence-corrected chi connectivity index (χ0v) is 16.3. The van der Waals surface area contributed by atoms with Crippen molar-refractivity contribution in [1.82, 2.24) is 19.9 Å². The minimum atomic E-state index is -0.368. The largest absolute Gasteiger partial charge is 0.314 e. The molecular weight excluding hydrogens is 371 g/mol. The van der Waals surface area contributed by atoms with Crippen LogP contribution in [-0.4, -0.2) is 32.9 Å². The van der Waals surface area contributed by atoms with Gasteiger partial charge in [-0.3, -0.25) is 14.2 Å². The number of hydrogen-bond donors (Lipinski definition) is 1. The van der Waals surface area contributed by atoms with Crippen molar-refractivity contribution in [3.05, 3.63) is 58.4 Å². The number of carbonyl (C=O) groups is 1. The standard InChI is InChI=1S/C22H23FN4O2/c1-14-9-19(15-5-4-6-16(23)10-15)26-21-20(14)25-13-27(22(21)29)12-18(28)11-17-7-2-3-8-24-17/h4-6,9-10,13,17,24H,2-3,7-8,11-12H2,1H3/t17-/m0/s1. The Morgan fingerprint density at radius 3 is 2.90 bits per heavy atom. The van der Waals surface area contributed by atoms with Crippen molar-refractivity contribution < 1.29 is 9.18 Å². The van der Waals surface area contributed by atoms with Gasteiger partial charge in [-0.2, -0.15) is 0 Å². The van der Waals surface area contributed by atoms with Gasteiger partial charge in [0.25, 0.3) is 5.56 Å². The van der Waals surface area contributed by atoms with Crippen molar-refractivity contribution in [2.45, 2.75) is 45.2 Å². The minimum Gasteiger partial charge on any atom is -0.314 e. The number of hydrogen-bond acceptors (Lipinski definition) is 5. The third kappa shape index (κ3) is 4.24. The van der Waals surface area contributed by atoms with E-state index in [1.54, 1.807) is 18.2 Å². The van der Waals surface area contributed by atoms with Gasteiger partial charge in [-0.15, -0.1) is 0 Å². The van der Waals surface area contributed by atoms with E-state index in [1.807, 2.05) is 6.92 Å². The van der Waals surface area contributed by atoms with Gasteiger partial charge in [-0.05, 0) is 50.1 Å². The monoisotopic (exact) mass is 394 g/mol. The Hall–Kier alpha value is -2.93. The van der Waals surface area contributed by atoms with Crippen LogP contribution in [0.15, 0.2) is 41.5 Å². The van der Waals surface area contributed by atoms with Crippen LogP contribution in [0.1, 0.15) is 31.2 Å². The molecule has 1 aromatic carbocycles. The second-order valence-corrected chi connectivity index (χ2v) is 7.60. The number of nitrogens with one attached hydrogen (secondary N) is 1. The molecule has 0 unspecified atom stereocenters. The van der Waals surface area contributed by atoms with Crippen molar-refractivity contribution in [2.75, 3.05) is 6.54 Å². The van der Waals surface area contributed by atoms with Crippen LogP contribution in [-0.2, 0) is 11.3 Å². The molecule has 7 heteroatoms. The Morgan fingerprint density at radius 2 is 2.14 bits per heavy atom. The first-order valence-electron chi connectivity index (χ1n) is 9.89. The van der Waals surface area contributed by atoms with E-state index in [0.29, 0.717) is 23.2 Å². The topological polar surface area (TPSA) is 76.9 Å². The normalized spacial score (nSPS) is 16.8. The summed E-state index contributed by atoms with van der Waals surface area (Å²) in [7, 11) is 0. The smallest absolute Gasteiger partial charge is 0.280 e. The van der Waals surface area contributed by atoms with E-state index in [4.69, 9.17) is 0 Å². The van der Waals surface area contributed by atoms with Crippen molar-refractivity contribution in [1.29, 1.82) is 0 Å². The summed E-state index contributed by atoms with van der Waals surface area (Å²) in [5.41, 5.74) is 2.19. The highest BCUT2D eigenvalue weighted by molar-refractivity contribution is 5.82. The molecule has 4 rings (SSSR count). The van der Waals surface area contributed by atoms with Crippen LogP contribution in [0.5, 0.6) is 0 Å². The SMILES string of the molecule is Cc1cc(-c2cccc(F)c2)nc2c(=O)n(CC(=O)C[C@@H]3CCCCN3)cnc12. The van der Waals surface area contributed by atoms with Gasteiger partial charge in [-0.25, -0.2) is 14.4 Å². The summed E-state index contributed by atoms with van der Waals surface area (Å²) in [5.74, 6) is -0.377. The molecule has 0 saturated carbocycles. The van der Waals surface area contributed by atoms with Crippen molar-refractivity contribution in [2.24, 2.45) is 0 Å². The second kappa shape index (κ2) is 8.21. The van der Waals surface area contributed by atoms with Gasteiger partial charge in [0.1, 0.15) is 5.82 Å². The molecule has 0 bridgehead atoms. The summed E-state index contributed by atoms with van der Waals surface area (Å²) in [6.07, 6.45) is 5.05. The van der Waals surface area contributed by atoms with Gasteiger partial charge in [-0.1, -0.05) is 18.6 Å². The van der Waals surface area contributed by atoms with Crippen LogP contribution in [0.4, 0.5) is 4.39 Å². The maximum absolute atomic E-state index is 13.6. The van der Waals surface area contributed by atoms with Gasteiger partial charge < -0.3 is 5.32 Å². The van der Waals surface area contributed by atoms with Crippen LogP contribution >= 0.6 is 0 Å². The van der Waals surface area contributed by atoms with E-state index in [2.05, 4.69) is 15.3 Å². The molecule has 29 heavy (non-hydrogen) atoms. The molecular formula is C22H23FN4O2. The molecule has 1 aliphatic rings. The third-order valence-electron chi connectivity index (χ3n) is 5.33. The lowest BCUT2D eigenvalue weighted by Gasteiger charge is -2.22. The lowest BCUT2D eigenvalue weighted by Crippen LogP contribution is -2.37. The average Bonchev–Trinajstić information content (AvgIpc) is 2.71. The van der Waals surface area contributed by atoms with Gasteiger partial charge in [0.2, 0.25) is 0 Å². The van der Waals surface area contributed by atoms with Crippen molar-refractivity contribution in [3.63, 3.8) is 0 Å². The quantitative estimate of drug-likeness (QED) is 0.720.